The van der Waals surface area contributed by atoms with Crippen LogP contribution in [0.1, 0.15) is 25.5 Å². The number of carbonyl (C=O) groups excluding carboxylic acids is 1. The van der Waals surface area contributed by atoms with Crippen molar-refractivity contribution in [2.24, 2.45) is 5.92 Å². The zero-order chi connectivity index (χ0) is 16.2. The lowest BCUT2D eigenvalue weighted by atomic mass is 10.0. The molecular formula is C15H22Cl2N2O2. The van der Waals surface area contributed by atoms with Gasteiger partial charge in [-0.15, -0.1) is 0 Å². The molecule has 0 fully saturated rings. The molecule has 1 aromatic rings. The quantitative estimate of drug-likeness (QED) is 0.842. The van der Waals surface area contributed by atoms with Crippen molar-refractivity contribution in [3.05, 3.63) is 33.8 Å². The van der Waals surface area contributed by atoms with Crippen LogP contribution in [-0.4, -0.2) is 42.6 Å². The minimum absolute atomic E-state index is 0.109. The number of carbonyl (C=O) groups is 1. The maximum Gasteiger partial charge on any atom is 0.237 e. The van der Waals surface area contributed by atoms with Crippen LogP contribution in [0.3, 0.4) is 0 Å². The summed E-state index contributed by atoms with van der Waals surface area (Å²) in [6, 6.07) is 4.63. The van der Waals surface area contributed by atoms with Crippen molar-refractivity contribution in [1.82, 2.24) is 10.2 Å². The lowest BCUT2D eigenvalue weighted by Crippen LogP contribution is -2.47. The molecule has 0 radical (unpaired) electrons. The van der Waals surface area contributed by atoms with Crippen molar-refractivity contribution >= 4 is 29.1 Å². The van der Waals surface area contributed by atoms with E-state index in [0.29, 0.717) is 15.6 Å². The smallest absolute Gasteiger partial charge is 0.237 e. The summed E-state index contributed by atoms with van der Waals surface area (Å²) in [7, 11) is 3.72. The van der Waals surface area contributed by atoms with Gasteiger partial charge in [-0.2, -0.15) is 0 Å². The molecule has 0 aliphatic heterocycles. The van der Waals surface area contributed by atoms with Gasteiger partial charge in [0.25, 0.3) is 0 Å². The third-order valence-corrected chi connectivity index (χ3v) is 3.63. The van der Waals surface area contributed by atoms with E-state index >= 15 is 0 Å². The molecule has 0 saturated carbocycles. The highest BCUT2D eigenvalue weighted by atomic mass is 35.5. The molecule has 118 valence electrons. The monoisotopic (exact) mass is 332 g/mol. The lowest BCUT2D eigenvalue weighted by molar-refractivity contribution is -0.127. The molecule has 0 heterocycles. The Hall–Kier alpha value is -0.810. The summed E-state index contributed by atoms with van der Waals surface area (Å²) in [4.78, 5) is 14.0. The maximum atomic E-state index is 12.2. The molecule has 1 amide bonds. The Bertz CT molecular complexity index is 464. The van der Waals surface area contributed by atoms with Crippen LogP contribution >= 0.6 is 23.2 Å². The van der Waals surface area contributed by atoms with Gasteiger partial charge in [0.2, 0.25) is 5.91 Å². The summed E-state index contributed by atoms with van der Waals surface area (Å²) in [6.45, 7) is 4.08. The lowest BCUT2D eigenvalue weighted by Gasteiger charge is -2.27. The number of nitrogens with one attached hydrogen (secondary N) is 1. The van der Waals surface area contributed by atoms with Gasteiger partial charge in [-0.05, 0) is 43.8 Å². The molecule has 2 unspecified atom stereocenters. The highest BCUT2D eigenvalue weighted by molar-refractivity contribution is 6.34. The van der Waals surface area contributed by atoms with Gasteiger partial charge in [-0.1, -0.05) is 37.0 Å². The summed E-state index contributed by atoms with van der Waals surface area (Å²) < 4.78 is 0. The average molecular weight is 333 g/mol. The van der Waals surface area contributed by atoms with E-state index in [1.807, 2.05) is 32.8 Å². The van der Waals surface area contributed by atoms with Gasteiger partial charge in [-0.3, -0.25) is 9.69 Å². The number of benzene rings is 1. The number of hydrogen-bond acceptors (Lipinski definition) is 3. The van der Waals surface area contributed by atoms with E-state index in [-0.39, 0.29) is 24.4 Å². The summed E-state index contributed by atoms with van der Waals surface area (Å²) in [6.07, 6.45) is -0.847. The molecule has 21 heavy (non-hydrogen) atoms. The number of halogens is 2. The zero-order valence-corrected chi connectivity index (χ0v) is 14.2. The van der Waals surface area contributed by atoms with Crippen molar-refractivity contribution < 1.29 is 9.90 Å². The van der Waals surface area contributed by atoms with Gasteiger partial charge in [0.05, 0.1) is 12.1 Å². The first-order valence-electron chi connectivity index (χ1n) is 6.80. The molecule has 0 aliphatic rings. The van der Waals surface area contributed by atoms with Crippen molar-refractivity contribution in [2.75, 3.05) is 20.6 Å². The number of aliphatic hydroxyl groups excluding tert-OH is 1. The Kier molecular flexibility index (Phi) is 6.94. The molecule has 0 bridgehead atoms. The molecule has 1 rings (SSSR count). The standard InChI is InChI=1S/C15H22Cl2N2O2/c1-9(2)14(19(3)4)15(21)18-8-13(20)10-5-11(16)7-12(17)6-10/h5-7,9,13-14,20H,8H2,1-4H3,(H,18,21). The van der Waals surface area contributed by atoms with Crippen molar-refractivity contribution in [3.63, 3.8) is 0 Å². The Morgan fingerprint density at radius 2 is 1.76 bits per heavy atom. The predicted molar refractivity (Wildman–Crippen MR) is 86.7 cm³/mol. The molecule has 0 aromatic heterocycles. The van der Waals surface area contributed by atoms with Crippen molar-refractivity contribution in [2.45, 2.75) is 26.0 Å². The SMILES string of the molecule is CC(C)C(C(=O)NCC(O)c1cc(Cl)cc(Cl)c1)N(C)C. The van der Waals surface area contributed by atoms with E-state index < -0.39 is 6.10 Å². The van der Waals surface area contributed by atoms with Gasteiger partial charge < -0.3 is 10.4 Å². The molecule has 0 saturated heterocycles. The maximum absolute atomic E-state index is 12.2. The van der Waals surface area contributed by atoms with Gasteiger partial charge >= 0.3 is 0 Å². The third-order valence-electron chi connectivity index (χ3n) is 3.20. The van der Waals surface area contributed by atoms with Crippen LogP contribution < -0.4 is 5.32 Å². The van der Waals surface area contributed by atoms with Crippen LogP contribution in [0.2, 0.25) is 10.0 Å². The second-order valence-corrected chi connectivity index (χ2v) is 6.49. The fourth-order valence-corrected chi connectivity index (χ4v) is 2.86. The average Bonchev–Trinajstić information content (AvgIpc) is 2.33. The van der Waals surface area contributed by atoms with Crippen LogP contribution in [0.5, 0.6) is 0 Å². The van der Waals surface area contributed by atoms with Gasteiger partial charge in [-0.25, -0.2) is 0 Å². The van der Waals surface area contributed by atoms with E-state index in [0.717, 1.165) is 0 Å². The minimum atomic E-state index is -0.847. The van der Waals surface area contributed by atoms with E-state index in [2.05, 4.69) is 5.32 Å². The first-order chi connectivity index (χ1) is 9.72. The highest BCUT2D eigenvalue weighted by Gasteiger charge is 2.24. The first kappa shape index (κ1) is 18.2. The molecule has 2 atom stereocenters. The highest BCUT2D eigenvalue weighted by Crippen LogP contribution is 2.23. The normalized spacial score (nSPS) is 14.3. The van der Waals surface area contributed by atoms with Crippen LogP contribution in [0.25, 0.3) is 0 Å². The molecule has 2 N–H and O–H groups in total. The molecule has 4 nitrogen and oxygen atoms in total. The Labute approximate surface area is 136 Å². The second-order valence-electron chi connectivity index (χ2n) is 5.62. The topological polar surface area (TPSA) is 52.6 Å². The van der Waals surface area contributed by atoms with Gasteiger partial charge in [0.1, 0.15) is 0 Å². The second kappa shape index (κ2) is 7.99. The van der Waals surface area contributed by atoms with Crippen LogP contribution in [0, 0.1) is 5.92 Å². The van der Waals surface area contributed by atoms with E-state index in [1.54, 1.807) is 18.2 Å². The van der Waals surface area contributed by atoms with Gasteiger partial charge in [0.15, 0.2) is 0 Å². The van der Waals surface area contributed by atoms with E-state index in [4.69, 9.17) is 23.2 Å². The number of rotatable bonds is 6. The van der Waals surface area contributed by atoms with Gasteiger partial charge in [0, 0.05) is 16.6 Å². The molecule has 0 aliphatic carbocycles. The third kappa shape index (κ3) is 5.47. The number of amides is 1. The number of nitrogens with zero attached hydrogens (tertiary/aromatic N) is 1. The van der Waals surface area contributed by atoms with Crippen LogP contribution in [0.4, 0.5) is 0 Å². The summed E-state index contributed by atoms with van der Waals surface area (Å²) in [5.41, 5.74) is 0.582. The number of likely N-dealkylation sites (N-methyl/N-ethyl adjacent to an activating group) is 1. The Morgan fingerprint density at radius 3 is 2.19 bits per heavy atom. The molecule has 0 spiro atoms. The molecular weight excluding hydrogens is 311 g/mol. The van der Waals surface area contributed by atoms with Crippen LogP contribution in [0.15, 0.2) is 18.2 Å². The molecule has 1 aromatic carbocycles. The summed E-state index contributed by atoms with van der Waals surface area (Å²) >= 11 is 11.8. The van der Waals surface area contributed by atoms with Crippen molar-refractivity contribution in [1.29, 1.82) is 0 Å². The minimum Gasteiger partial charge on any atom is -0.387 e. The fraction of sp³-hybridized carbons (Fsp3) is 0.533. The molecule has 6 heteroatoms. The number of hydrogen-bond donors (Lipinski definition) is 2. The van der Waals surface area contributed by atoms with Crippen molar-refractivity contribution in [3.8, 4) is 0 Å². The van der Waals surface area contributed by atoms with Crippen LogP contribution in [-0.2, 0) is 4.79 Å². The summed E-state index contributed by atoms with van der Waals surface area (Å²) in [5.74, 6) is 0.0694. The Morgan fingerprint density at radius 1 is 1.24 bits per heavy atom. The van der Waals surface area contributed by atoms with E-state index in [1.165, 1.54) is 0 Å². The zero-order valence-electron chi connectivity index (χ0n) is 12.7. The number of aliphatic hydroxyl groups is 1. The van der Waals surface area contributed by atoms with E-state index in [9.17, 15) is 9.90 Å². The predicted octanol–water partition coefficient (Wildman–Crippen LogP) is 2.73. The largest absolute Gasteiger partial charge is 0.387 e. The summed E-state index contributed by atoms with van der Waals surface area (Å²) in [5, 5.41) is 13.8. The first-order valence-corrected chi connectivity index (χ1v) is 7.56. The fourth-order valence-electron chi connectivity index (χ4n) is 2.32. The Balaban J connectivity index is 2.67.